The molecule has 1 N–H and O–H groups in total. The Morgan fingerprint density at radius 2 is 2.36 bits per heavy atom. The summed E-state index contributed by atoms with van der Waals surface area (Å²) in [6.45, 7) is 2.80. The van der Waals surface area contributed by atoms with E-state index in [1.165, 1.54) is 5.56 Å². The van der Waals surface area contributed by atoms with Crippen LogP contribution in [-0.2, 0) is 11.3 Å². The number of methoxy groups -OCH3 is 1. The molecule has 1 aromatic rings. The summed E-state index contributed by atoms with van der Waals surface area (Å²) >= 11 is 0. The van der Waals surface area contributed by atoms with Gasteiger partial charge in [-0.2, -0.15) is 0 Å². The largest absolute Gasteiger partial charge is 0.385 e. The van der Waals surface area contributed by atoms with Crippen LogP contribution in [0.25, 0.3) is 0 Å². The summed E-state index contributed by atoms with van der Waals surface area (Å²) in [6.07, 6.45) is 5.97. The first-order valence-corrected chi connectivity index (χ1v) is 5.02. The number of unbranched alkanes of at least 4 members (excludes halogenated alkanes) is 1. The van der Waals surface area contributed by atoms with Crippen molar-refractivity contribution in [2.24, 2.45) is 0 Å². The molecule has 0 aliphatic heterocycles. The molecule has 0 aliphatic rings. The molecule has 1 aromatic heterocycles. The fourth-order valence-electron chi connectivity index (χ4n) is 1.23. The van der Waals surface area contributed by atoms with Gasteiger partial charge in [-0.25, -0.2) is 0 Å². The van der Waals surface area contributed by atoms with Crippen molar-refractivity contribution in [1.82, 2.24) is 10.3 Å². The second kappa shape index (κ2) is 7.47. The fraction of sp³-hybridized carbons (Fsp3) is 0.545. The van der Waals surface area contributed by atoms with Crippen molar-refractivity contribution in [3.8, 4) is 0 Å². The molecule has 3 nitrogen and oxygen atoms in total. The molecular weight excluding hydrogens is 176 g/mol. The third-order valence-electron chi connectivity index (χ3n) is 2.00. The average molecular weight is 194 g/mol. The SMILES string of the molecule is COCCCCNCc1cccnc1. The molecule has 0 unspecified atom stereocenters. The lowest BCUT2D eigenvalue weighted by atomic mass is 10.2. The standard InChI is InChI=1S/C11H18N2O/c1-14-8-3-2-6-12-9-11-5-4-7-13-10-11/h4-5,7,10,12H,2-3,6,8-9H2,1H3. The summed E-state index contributed by atoms with van der Waals surface area (Å²) in [5.74, 6) is 0. The number of nitrogens with zero attached hydrogens (tertiary/aromatic N) is 1. The number of nitrogens with one attached hydrogen (secondary N) is 1. The van der Waals surface area contributed by atoms with Crippen molar-refractivity contribution >= 4 is 0 Å². The molecule has 0 radical (unpaired) electrons. The highest BCUT2D eigenvalue weighted by Gasteiger charge is 1.91. The predicted molar refractivity (Wildman–Crippen MR) is 57.1 cm³/mol. The zero-order valence-corrected chi connectivity index (χ0v) is 8.70. The lowest BCUT2D eigenvalue weighted by Gasteiger charge is -2.03. The Kier molecular flexibility index (Phi) is 5.95. The van der Waals surface area contributed by atoms with Gasteiger partial charge in [0, 0.05) is 32.7 Å². The number of pyridine rings is 1. The Balaban J connectivity index is 1.99. The molecule has 0 atom stereocenters. The normalized spacial score (nSPS) is 10.4. The number of hydrogen-bond donors (Lipinski definition) is 1. The van der Waals surface area contributed by atoms with E-state index in [-0.39, 0.29) is 0 Å². The summed E-state index contributed by atoms with van der Waals surface area (Å²) in [6, 6.07) is 4.04. The van der Waals surface area contributed by atoms with E-state index in [2.05, 4.69) is 16.4 Å². The van der Waals surface area contributed by atoms with Crippen molar-refractivity contribution in [2.45, 2.75) is 19.4 Å². The summed E-state index contributed by atoms with van der Waals surface area (Å²) < 4.78 is 4.97. The molecule has 3 heteroatoms. The number of hydrogen-bond acceptors (Lipinski definition) is 3. The van der Waals surface area contributed by atoms with Gasteiger partial charge in [-0.1, -0.05) is 6.07 Å². The smallest absolute Gasteiger partial charge is 0.0462 e. The van der Waals surface area contributed by atoms with Crippen LogP contribution in [0.5, 0.6) is 0 Å². The van der Waals surface area contributed by atoms with Gasteiger partial charge in [0.15, 0.2) is 0 Å². The zero-order chi connectivity index (χ0) is 10.1. The van der Waals surface area contributed by atoms with E-state index in [1.807, 2.05) is 12.3 Å². The van der Waals surface area contributed by atoms with Gasteiger partial charge in [-0.15, -0.1) is 0 Å². The molecule has 1 heterocycles. The third kappa shape index (κ3) is 4.94. The minimum absolute atomic E-state index is 0.856. The van der Waals surface area contributed by atoms with Crippen LogP contribution in [0.15, 0.2) is 24.5 Å². The first kappa shape index (κ1) is 11.1. The molecule has 0 bridgehead atoms. The molecule has 0 saturated heterocycles. The topological polar surface area (TPSA) is 34.1 Å². The molecule has 14 heavy (non-hydrogen) atoms. The van der Waals surface area contributed by atoms with Crippen LogP contribution in [-0.4, -0.2) is 25.2 Å². The van der Waals surface area contributed by atoms with Crippen molar-refractivity contribution in [3.63, 3.8) is 0 Å². The van der Waals surface area contributed by atoms with Crippen LogP contribution < -0.4 is 5.32 Å². The Morgan fingerprint density at radius 1 is 1.43 bits per heavy atom. The number of rotatable bonds is 7. The summed E-state index contributed by atoms with van der Waals surface area (Å²) in [4.78, 5) is 4.05. The molecule has 1 rings (SSSR count). The van der Waals surface area contributed by atoms with E-state index in [0.717, 1.165) is 32.5 Å². The molecule has 0 saturated carbocycles. The lowest BCUT2D eigenvalue weighted by Crippen LogP contribution is -2.15. The molecular formula is C11H18N2O. The van der Waals surface area contributed by atoms with E-state index < -0.39 is 0 Å². The molecule has 0 amide bonds. The quantitative estimate of drug-likeness (QED) is 0.669. The predicted octanol–water partition coefficient (Wildman–Crippen LogP) is 1.60. The Bertz CT molecular complexity index is 226. The highest BCUT2D eigenvalue weighted by molar-refractivity contribution is 5.07. The van der Waals surface area contributed by atoms with Crippen molar-refractivity contribution in [3.05, 3.63) is 30.1 Å². The van der Waals surface area contributed by atoms with Gasteiger partial charge in [0.2, 0.25) is 0 Å². The van der Waals surface area contributed by atoms with Crippen LogP contribution in [0.3, 0.4) is 0 Å². The van der Waals surface area contributed by atoms with E-state index >= 15 is 0 Å². The summed E-state index contributed by atoms with van der Waals surface area (Å²) in [7, 11) is 1.74. The highest BCUT2D eigenvalue weighted by atomic mass is 16.5. The maximum atomic E-state index is 4.97. The average Bonchev–Trinajstić information content (AvgIpc) is 2.25. The second-order valence-corrected chi connectivity index (χ2v) is 3.24. The van der Waals surface area contributed by atoms with Gasteiger partial charge in [-0.05, 0) is 31.0 Å². The van der Waals surface area contributed by atoms with Gasteiger partial charge >= 0.3 is 0 Å². The van der Waals surface area contributed by atoms with E-state index in [4.69, 9.17) is 4.74 Å². The lowest BCUT2D eigenvalue weighted by molar-refractivity contribution is 0.192. The minimum atomic E-state index is 0.856. The third-order valence-corrected chi connectivity index (χ3v) is 2.00. The van der Waals surface area contributed by atoms with Gasteiger partial charge < -0.3 is 10.1 Å². The van der Waals surface area contributed by atoms with E-state index in [1.54, 1.807) is 13.3 Å². The number of ether oxygens (including phenoxy) is 1. The molecule has 0 aromatic carbocycles. The van der Waals surface area contributed by atoms with Crippen molar-refractivity contribution in [1.29, 1.82) is 0 Å². The summed E-state index contributed by atoms with van der Waals surface area (Å²) in [5.41, 5.74) is 1.24. The molecule has 78 valence electrons. The molecule has 0 spiro atoms. The fourth-order valence-corrected chi connectivity index (χ4v) is 1.23. The molecule has 0 aliphatic carbocycles. The summed E-state index contributed by atoms with van der Waals surface area (Å²) in [5, 5.41) is 3.37. The van der Waals surface area contributed by atoms with Crippen molar-refractivity contribution in [2.75, 3.05) is 20.3 Å². The first-order valence-electron chi connectivity index (χ1n) is 5.02. The zero-order valence-electron chi connectivity index (χ0n) is 8.70. The maximum absolute atomic E-state index is 4.97. The molecule has 0 fully saturated rings. The second-order valence-electron chi connectivity index (χ2n) is 3.24. The highest BCUT2D eigenvalue weighted by Crippen LogP contribution is 1.94. The van der Waals surface area contributed by atoms with Crippen LogP contribution in [0.4, 0.5) is 0 Å². The Hall–Kier alpha value is -0.930. The van der Waals surface area contributed by atoms with E-state index in [0.29, 0.717) is 0 Å². The Morgan fingerprint density at radius 3 is 3.07 bits per heavy atom. The van der Waals surface area contributed by atoms with Crippen LogP contribution in [0.1, 0.15) is 18.4 Å². The van der Waals surface area contributed by atoms with Crippen molar-refractivity contribution < 1.29 is 4.74 Å². The van der Waals surface area contributed by atoms with Crippen LogP contribution >= 0.6 is 0 Å². The maximum Gasteiger partial charge on any atom is 0.0462 e. The van der Waals surface area contributed by atoms with E-state index in [9.17, 15) is 0 Å². The van der Waals surface area contributed by atoms with Gasteiger partial charge in [-0.3, -0.25) is 4.98 Å². The Labute approximate surface area is 85.5 Å². The van der Waals surface area contributed by atoms with Crippen LogP contribution in [0.2, 0.25) is 0 Å². The van der Waals surface area contributed by atoms with Gasteiger partial charge in [0.25, 0.3) is 0 Å². The number of aromatic nitrogens is 1. The van der Waals surface area contributed by atoms with Gasteiger partial charge in [0.05, 0.1) is 0 Å². The first-order chi connectivity index (χ1) is 6.93. The van der Waals surface area contributed by atoms with Gasteiger partial charge in [0.1, 0.15) is 0 Å². The monoisotopic (exact) mass is 194 g/mol. The minimum Gasteiger partial charge on any atom is -0.385 e. The van der Waals surface area contributed by atoms with Crippen LogP contribution in [0, 0.1) is 0 Å².